The number of piperidine rings is 1. The topological polar surface area (TPSA) is 71.5 Å². The molecule has 156 valence electrons. The Morgan fingerprint density at radius 1 is 1.07 bits per heavy atom. The highest BCUT2D eigenvalue weighted by Gasteiger charge is 2.36. The number of nitrogens with zero attached hydrogens (tertiary/aromatic N) is 2. The molecule has 0 bridgehead atoms. The standard InChI is InChI=1S/C25H29N3O2/c26-13-22(27)11-17-1-3-18(4-2-17)20-5-6-21-14-30-25(24(21)12-20)19-7-9-28(10-8-19)23-15-29-16-23/h1-6,12,19,22-23,25H,7-11,14-16,27H2/t22-,25?/m0/s1. The van der Waals surface area contributed by atoms with Crippen LogP contribution in [-0.2, 0) is 22.5 Å². The lowest BCUT2D eigenvalue weighted by molar-refractivity contribution is -0.0831. The van der Waals surface area contributed by atoms with Crippen molar-refractivity contribution in [1.82, 2.24) is 4.90 Å². The maximum Gasteiger partial charge on any atom is 0.0968 e. The van der Waals surface area contributed by atoms with Gasteiger partial charge >= 0.3 is 0 Å². The summed E-state index contributed by atoms with van der Waals surface area (Å²) in [4.78, 5) is 2.59. The average molecular weight is 404 g/mol. The van der Waals surface area contributed by atoms with Gasteiger partial charge in [-0.2, -0.15) is 5.26 Å². The molecule has 5 heteroatoms. The molecule has 2 N–H and O–H groups in total. The van der Waals surface area contributed by atoms with E-state index in [1.54, 1.807) is 0 Å². The van der Waals surface area contributed by atoms with Crippen LogP contribution >= 0.6 is 0 Å². The number of fused-ring (bicyclic) bond motifs is 1. The van der Waals surface area contributed by atoms with Gasteiger partial charge in [0.15, 0.2) is 0 Å². The van der Waals surface area contributed by atoms with E-state index in [2.05, 4.69) is 53.4 Å². The third-order valence-corrected chi connectivity index (χ3v) is 6.92. The molecule has 0 saturated carbocycles. The third-order valence-electron chi connectivity index (χ3n) is 6.92. The zero-order valence-corrected chi connectivity index (χ0v) is 17.3. The minimum absolute atomic E-state index is 0.215. The average Bonchev–Trinajstić information content (AvgIpc) is 3.17. The van der Waals surface area contributed by atoms with Gasteiger partial charge in [-0.25, -0.2) is 0 Å². The summed E-state index contributed by atoms with van der Waals surface area (Å²) in [6.07, 6.45) is 3.19. The first-order chi connectivity index (χ1) is 14.7. The molecule has 2 aromatic rings. The fourth-order valence-corrected chi connectivity index (χ4v) is 4.98. The van der Waals surface area contributed by atoms with E-state index in [9.17, 15) is 0 Å². The van der Waals surface area contributed by atoms with Gasteiger partial charge in [-0.1, -0.05) is 36.4 Å². The Hall–Kier alpha value is -2.23. The van der Waals surface area contributed by atoms with Gasteiger partial charge in [-0.3, -0.25) is 4.90 Å². The van der Waals surface area contributed by atoms with Crippen LogP contribution in [0.4, 0.5) is 0 Å². The molecule has 0 radical (unpaired) electrons. The van der Waals surface area contributed by atoms with Crippen LogP contribution in [0.25, 0.3) is 11.1 Å². The molecule has 1 unspecified atom stereocenters. The Morgan fingerprint density at radius 2 is 1.80 bits per heavy atom. The number of benzene rings is 2. The fraction of sp³-hybridized carbons (Fsp3) is 0.480. The summed E-state index contributed by atoms with van der Waals surface area (Å²) < 4.78 is 11.6. The second-order valence-corrected chi connectivity index (χ2v) is 8.85. The molecule has 2 aromatic carbocycles. The van der Waals surface area contributed by atoms with Crippen LogP contribution in [0.1, 0.15) is 35.6 Å². The van der Waals surface area contributed by atoms with Crippen molar-refractivity contribution in [2.75, 3.05) is 26.3 Å². The van der Waals surface area contributed by atoms with Crippen LogP contribution < -0.4 is 5.73 Å². The molecular weight excluding hydrogens is 374 g/mol. The first-order valence-corrected chi connectivity index (χ1v) is 11.0. The van der Waals surface area contributed by atoms with E-state index in [4.69, 9.17) is 20.5 Å². The summed E-state index contributed by atoms with van der Waals surface area (Å²) in [7, 11) is 0. The van der Waals surface area contributed by atoms with Crippen LogP contribution in [0.3, 0.4) is 0 Å². The highest BCUT2D eigenvalue weighted by molar-refractivity contribution is 5.65. The SMILES string of the molecule is N#C[C@@H](N)Cc1ccc(-c2ccc3c(c2)C(C2CCN(C4COC4)CC2)OC3)cc1. The van der Waals surface area contributed by atoms with Crippen molar-refractivity contribution < 1.29 is 9.47 Å². The van der Waals surface area contributed by atoms with E-state index >= 15 is 0 Å². The Balaban J connectivity index is 1.29. The van der Waals surface area contributed by atoms with Crippen LogP contribution in [0.15, 0.2) is 42.5 Å². The maximum atomic E-state index is 8.91. The van der Waals surface area contributed by atoms with Gasteiger partial charge in [0.05, 0.1) is 44.1 Å². The number of ether oxygens (including phenoxy) is 2. The molecule has 2 saturated heterocycles. The van der Waals surface area contributed by atoms with Gasteiger partial charge < -0.3 is 15.2 Å². The second kappa shape index (κ2) is 8.49. The van der Waals surface area contributed by atoms with Crippen LogP contribution in [-0.4, -0.2) is 43.3 Å². The lowest BCUT2D eigenvalue weighted by atomic mass is 9.85. The summed E-state index contributed by atoms with van der Waals surface area (Å²) in [5.74, 6) is 0.591. The van der Waals surface area contributed by atoms with Crippen molar-refractivity contribution in [3.05, 3.63) is 59.2 Å². The molecule has 30 heavy (non-hydrogen) atoms. The molecule has 0 aromatic heterocycles. The highest BCUT2D eigenvalue weighted by atomic mass is 16.5. The Morgan fingerprint density at radius 3 is 2.47 bits per heavy atom. The molecule has 0 spiro atoms. The summed E-state index contributed by atoms with van der Waals surface area (Å²) in [5, 5.41) is 8.91. The lowest BCUT2D eigenvalue weighted by Crippen LogP contribution is -2.52. The number of likely N-dealkylation sites (tertiary alicyclic amines) is 1. The zero-order chi connectivity index (χ0) is 20.5. The van der Waals surface area contributed by atoms with E-state index in [0.717, 1.165) is 38.5 Å². The van der Waals surface area contributed by atoms with Crippen molar-refractivity contribution in [2.24, 2.45) is 11.7 Å². The first kappa shape index (κ1) is 19.7. The number of nitriles is 1. The van der Waals surface area contributed by atoms with Gasteiger partial charge in [0.1, 0.15) is 0 Å². The predicted octanol–water partition coefficient (Wildman–Crippen LogP) is 3.43. The van der Waals surface area contributed by atoms with E-state index in [1.807, 2.05) is 0 Å². The quantitative estimate of drug-likeness (QED) is 0.828. The van der Waals surface area contributed by atoms with Gasteiger partial charge in [-0.15, -0.1) is 0 Å². The molecule has 2 fully saturated rings. The van der Waals surface area contributed by atoms with E-state index < -0.39 is 6.04 Å². The van der Waals surface area contributed by atoms with Gasteiger partial charge in [0, 0.05) is 6.42 Å². The van der Waals surface area contributed by atoms with Gasteiger partial charge in [0.25, 0.3) is 0 Å². The van der Waals surface area contributed by atoms with Crippen molar-refractivity contribution in [3.63, 3.8) is 0 Å². The molecule has 0 aliphatic carbocycles. The molecule has 0 amide bonds. The lowest BCUT2D eigenvalue weighted by Gasteiger charge is -2.42. The summed E-state index contributed by atoms with van der Waals surface area (Å²) in [6.45, 7) is 4.83. The number of nitrogens with two attached hydrogens (primary N) is 1. The van der Waals surface area contributed by atoms with E-state index in [1.165, 1.54) is 35.1 Å². The van der Waals surface area contributed by atoms with Crippen LogP contribution in [0, 0.1) is 17.2 Å². The summed E-state index contributed by atoms with van der Waals surface area (Å²) in [5.41, 5.74) is 12.0. The highest BCUT2D eigenvalue weighted by Crippen LogP contribution is 2.42. The fourth-order valence-electron chi connectivity index (χ4n) is 4.98. The van der Waals surface area contributed by atoms with Crippen molar-refractivity contribution in [1.29, 1.82) is 5.26 Å². The van der Waals surface area contributed by atoms with Crippen molar-refractivity contribution in [3.8, 4) is 17.2 Å². The molecular formula is C25H29N3O2. The van der Waals surface area contributed by atoms with Gasteiger partial charge in [-0.05, 0) is 65.7 Å². The zero-order valence-electron chi connectivity index (χ0n) is 17.3. The molecule has 3 heterocycles. The van der Waals surface area contributed by atoms with E-state index in [0.29, 0.717) is 18.4 Å². The molecule has 3 aliphatic rings. The second-order valence-electron chi connectivity index (χ2n) is 8.85. The van der Waals surface area contributed by atoms with Crippen LogP contribution in [0.5, 0.6) is 0 Å². The predicted molar refractivity (Wildman–Crippen MR) is 116 cm³/mol. The Labute approximate surface area is 178 Å². The summed E-state index contributed by atoms with van der Waals surface area (Å²) in [6, 6.07) is 17.4. The number of rotatable bonds is 5. The normalized spacial score (nSPS) is 23.5. The third kappa shape index (κ3) is 3.89. The number of hydrogen-bond acceptors (Lipinski definition) is 5. The smallest absolute Gasteiger partial charge is 0.0968 e. The van der Waals surface area contributed by atoms with E-state index in [-0.39, 0.29) is 6.10 Å². The van der Waals surface area contributed by atoms with Crippen molar-refractivity contribution in [2.45, 2.75) is 44.1 Å². The van der Waals surface area contributed by atoms with Crippen molar-refractivity contribution >= 4 is 0 Å². The summed E-state index contributed by atoms with van der Waals surface area (Å²) >= 11 is 0. The molecule has 5 nitrogen and oxygen atoms in total. The monoisotopic (exact) mass is 403 g/mol. The van der Waals surface area contributed by atoms with Crippen LogP contribution in [0.2, 0.25) is 0 Å². The Bertz CT molecular complexity index is 924. The maximum absolute atomic E-state index is 8.91. The largest absolute Gasteiger partial charge is 0.378 e. The first-order valence-electron chi connectivity index (χ1n) is 11.0. The number of hydrogen-bond donors (Lipinski definition) is 1. The minimum Gasteiger partial charge on any atom is -0.378 e. The minimum atomic E-state index is -0.447. The van der Waals surface area contributed by atoms with Gasteiger partial charge in [0.2, 0.25) is 0 Å². The molecule has 2 atom stereocenters. The molecule has 5 rings (SSSR count). The molecule has 3 aliphatic heterocycles. The Kier molecular flexibility index (Phi) is 5.58.